The maximum Gasteiger partial charge on any atom is 0.214 e. The molecule has 0 bridgehead atoms. The topological polar surface area (TPSA) is 49.4 Å². The van der Waals surface area contributed by atoms with E-state index in [2.05, 4.69) is 16.8 Å². The SMILES string of the molecule is O=S(=O)(CCC1CCCCN1)N1CCc2sccc2C1. The van der Waals surface area contributed by atoms with Crippen molar-refractivity contribution in [1.29, 1.82) is 0 Å². The van der Waals surface area contributed by atoms with Gasteiger partial charge in [-0.1, -0.05) is 6.42 Å². The molecular formula is C14H22N2O2S2. The van der Waals surface area contributed by atoms with E-state index < -0.39 is 10.0 Å². The van der Waals surface area contributed by atoms with Crippen LogP contribution < -0.4 is 5.32 Å². The number of hydrogen-bond donors (Lipinski definition) is 1. The fourth-order valence-corrected chi connectivity index (χ4v) is 5.49. The minimum absolute atomic E-state index is 0.282. The summed E-state index contributed by atoms with van der Waals surface area (Å²) in [7, 11) is -3.11. The summed E-state index contributed by atoms with van der Waals surface area (Å²) in [5.74, 6) is 0.282. The molecule has 1 unspecified atom stereocenters. The molecule has 0 amide bonds. The quantitative estimate of drug-likeness (QED) is 0.924. The van der Waals surface area contributed by atoms with Gasteiger partial charge in [0.2, 0.25) is 10.0 Å². The van der Waals surface area contributed by atoms with Gasteiger partial charge >= 0.3 is 0 Å². The molecule has 3 heterocycles. The van der Waals surface area contributed by atoms with Gasteiger partial charge in [0, 0.05) is 24.0 Å². The number of nitrogens with one attached hydrogen (secondary N) is 1. The van der Waals surface area contributed by atoms with E-state index >= 15 is 0 Å². The van der Waals surface area contributed by atoms with E-state index in [0.717, 1.165) is 25.8 Å². The van der Waals surface area contributed by atoms with Crippen LogP contribution in [0.5, 0.6) is 0 Å². The molecule has 0 saturated carbocycles. The summed E-state index contributed by atoms with van der Waals surface area (Å²) in [6, 6.07) is 2.45. The van der Waals surface area contributed by atoms with Crippen LogP contribution in [0.3, 0.4) is 0 Å². The minimum Gasteiger partial charge on any atom is -0.314 e. The van der Waals surface area contributed by atoms with Gasteiger partial charge in [0.1, 0.15) is 0 Å². The fraction of sp³-hybridized carbons (Fsp3) is 0.714. The summed E-state index contributed by atoms with van der Waals surface area (Å²) < 4.78 is 26.6. The van der Waals surface area contributed by atoms with E-state index in [1.54, 1.807) is 15.6 Å². The molecule has 0 aromatic carbocycles. The number of nitrogens with zero attached hydrogens (tertiary/aromatic N) is 1. The molecule has 1 fully saturated rings. The first-order valence-corrected chi connectivity index (χ1v) is 9.90. The standard InChI is InChI=1S/C14H22N2O2S2/c17-20(18,10-6-13-3-1-2-7-15-13)16-8-4-14-12(11-16)5-9-19-14/h5,9,13,15H,1-4,6-8,10-11H2. The Morgan fingerprint density at radius 2 is 2.30 bits per heavy atom. The second kappa shape index (κ2) is 6.13. The van der Waals surface area contributed by atoms with Gasteiger partial charge in [0.05, 0.1) is 5.75 Å². The molecule has 112 valence electrons. The lowest BCUT2D eigenvalue weighted by Gasteiger charge is -2.28. The van der Waals surface area contributed by atoms with Gasteiger partial charge in [0.15, 0.2) is 0 Å². The number of fused-ring (bicyclic) bond motifs is 1. The third-order valence-electron chi connectivity index (χ3n) is 4.30. The zero-order valence-corrected chi connectivity index (χ0v) is 13.3. The predicted molar refractivity (Wildman–Crippen MR) is 82.5 cm³/mol. The predicted octanol–water partition coefficient (Wildman–Crippen LogP) is 1.97. The molecule has 1 aromatic heterocycles. The van der Waals surface area contributed by atoms with E-state index in [4.69, 9.17) is 0 Å². The monoisotopic (exact) mass is 314 g/mol. The largest absolute Gasteiger partial charge is 0.314 e. The smallest absolute Gasteiger partial charge is 0.214 e. The van der Waals surface area contributed by atoms with Crippen molar-refractivity contribution in [3.05, 3.63) is 21.9 Å². The lowest BCUT2D eigenvalue weighted by atomic mass is 10.0. The van der Waals surface area contributed by atoms with E-state index in [1.807, 2.05) is 0 Å². The molecule has 4 nitrogen and oxygen atoms in total. The molecule has 1 aromatic rings. The summed E-state index contributed by atoms with van der Waals surface area (Å²) in [5.41, 5.74) is 1.20. The fourth-order valence-electron chi connectivity index (χ4n) is 3.05. The van der Waals surface area contributed by atoms with Crippen LogP contribution in [0.15, 0.2) is 11.4 Å². The van der Waals surface area contributed by atoms with Crippen molar-refractivity contribution in [2.24, 2.45) is 0 Å². The molecule has 3 rings (SSSR count). The minimum atomic E-state index is -3.11. The molecule has 0 aliphatic carbocycles. The highest BCUT2D eigenvalue weighted by Crippen LogP contribution is 2.26. The molecule has 2 aliphatic heterocycles. The Morgan fingerprint density at radius 3 is 3.10 bits per heavy atom. The van der Waals surface area contributed by atoms with E-state index in [0.29, 0.717) is 19.1 Å². The van der Waals surface area contributed by atoms with Crippen LogP contribution in [-0.4, -0.2) is 37.6 Å². The third-order valence-corrected chi connectivity index (χ3v) is 7.18. The van der Waals surface area contributed by atoms with E-state index in [1.165, 1.54) is 23.3 Å². The van der Waals surface area contributed by atoms with Crippen LogP contribution in [-0.2, 0) is 23.0 Å². The molecule has 20 heavy (non-hydrogen) atoms. The van der Waals surface area contributed by atoms with Crippen LogP contribution >= 0.6 is 11.3 Å². The highest BCUT2D eigenvalue weighted by Gasteiger charge is 2.28. The second-order valence-electron chi connectivity index (χ2n) is 5.70. The van der Waals surface area contributed by atoms with Crippen molar-refractivity contribution < 1.29 is 8.42 Å². The van der Waals surface area contributed by atoms with Crippen molar-refractivity contribution in [2.45, 2.75) is 44.7 Å². The summed E-state index contributed by atoms with van der Waals surface area (Å²) in [4.78, 5) is 1.35. The Labute approximate surface area is 125 Å². The Bertz CT molecular complexity index is 547. The Balaban J connectivity index is 1.58. The molecule has 0 spiro atoms. The Kier molecular flexibility index (Phi) is 4.45. The van der Waals surface area contributed by atoms with E-state index in [9.17, 15) is 8.42 Å². The summed E-state index contributed by atoms with van der Waals surface area (Å²) >= 11 is 1.74. The number of piperidine rings is 1. The van der Waals surface area contributed by atoms with Gasteiger partial charge in [-0.2, -0.15) is 4.31 Å². The van der Waals surface area contributed by atoms with Crippen molar-refractivity contribution in [2.75, 3.05) is 18.8 Å². The van der Waals surface area contributed by atoms with Crippen molar-refractivity contribution in [1.82, 2.24) is 9.62 Å². The molecule has 1 atom stereocenters. The van der Waals surface area contributed by atoms with Gasteiger partial charge in [-0.3, -0.25) is 0 Å². The van der Waals surface area contributed by atoms with Gasteiger partial charge in [-0.15, -0.1) is 11.3 Å². The maximum absolute atomic E-state index is 12.5. The lowest BCUT2D eigenvalue weighted by molar-refractivity contribution is 0.375. The summed E-state index contributed by atoms with van der Waals surface area (Å²) in [6.07, 6.45) is 5.17. The van der Waals surface area contributed by atoms with Gasteiger partial charge in [0.25, 0.3) is 0 Å². The first kappa shape index (κ1) is 14.5. The Morgan fingerprint density at radius 1 is 1.40 bits per heavy atom. The first-order valence-electron chi connectivity index (χ1n) is 7.41. The average molecular weight is 314 g/mol. The van der Waals surface area contributed by atoms with Crippen LogP contribution in [0.4, 0.5) is 0 Å². The third kappa shape index (κ3) is 3.24. The average Bonchev–Trinajstić information content (AvgIpc) is 2.94. The first-order chi connectivity index (χ1) is 9.65. The van der Waals surface area contributed by atoms with E-state index in [-0.39, 0.29) is 5.75 Å². The number of sulfonamides is 1. The number of thiophene rings is 1. The van der Waals surface area contributed by atoms with Crippen LogP contribution in [0.2, 0.25) is 0 Å². The molecule has 1 N–H and O–H groups in total. The zero-order valence-electron chi connectivity index (χ0n) is 11.7. The Hall–Kier alpha value is -0.430. The molecule has 1 saturated heterocycles. The maximum atomic E-state index is 12.5. The molecule has 2 aliphatic rings. The molecule has 6 heteroatoms. The number of rotatable bonds is 4. The van der Waals surface area contributed by atoms with Crippen molar-refractivity contribution in [3.8, 4) is 0 Å². The van der Waals surface area contributed by atoms with Crippen LogP contribution in [0.25, 0.3) is 0 Å². The van der Waals surface area contributed by atoms with Crippen molar-refractivity contribution >= 4 is 21.4 Å². The van der Waals surface area contributed by atoms with Gasteiger partial charge in [-0.05, 0) is 49.2 Å². The summed E-state index contributed by atoms with van der Waals surface area (Å²) in [5, 5.41) is 5.49. The van der Waals surface area contributed by atoms with Crippen molar-refractivity contribution in [3.63, 3.8) is 0 Å². The zero-order chi connectivity index (χ0) is 14.0. The highest BCUT2D eigenvalue weighted by atomic mass is 32.2. The van der Waals surface area contributed by atoms with Gasteiger partial charge < -0.3 is 5.32 Å². The molecular weight excluding hydrogens is 292 g/mol. The second-order valence-corrected chi connectivity index (χ2v) is 8.79. The van der Waals surface area contributed by atoms with Gasteiger partial charge in [-0.25, -0.2) is 8.42 Å². The lowest BCUT2D eigenvalue weighted by Crippen LogP contribution is -2.40. The number of hydrogen-bond acceptors (Lipinski definition) is 4. The molecule has 0 radical (unpaired) electrons. The summed E-state index contributed by atoms with van der Waals surface area (Å²) in [6.45, 7) is 2.25. The highest BCUT2D eigenvalue weighted by molar-refractivity contribution is 7.89. The van der Waals surface area contributed by atoms with Crippen LogP contribution in [0.1, 0.15) is 36.1 Å². The normalized spacial score (nSPS) is 24.5. The van der Waals surface area contributed by atoms with Crippen LogP contribution in [0, 0.1) is 0 Å².